The lowest BCUT2D eigenvalue weighted by Gasteiger charge is -2.39. The summed E-state index contributed by atoms with van der Waals surface area (Å²) in [5, 5.41) is 0. The number of rotatable bonds is 4. The van der Waals surface area contributed by atoms with Crippen LogP contribution in [0.5, 0.6) is 0 Å². The van der Waals surface area contributed by atoms with Crippen molar-refractivity contribution in [2.24, 2.45) is 5.41 Å². The van der Waals surface area contributed by atoms with E-state index in [1.54, 1.807) is 0 Å². The van der Waals surface area contributed by atoms with Crippen LogP contribution in [0.2, 0.25) is 0 Å². The summed E-state index contributed by atoms with van der Waals surface area (Å²) in [6.45, 7) is 2.86. The molecule has 3 aliphatic heterocycles. The summed E-state index contributed by atoms with van der Waals surface area (Å²) in [5.41, 5.74) is 0.337. The summed E-state index contributed by atoms with van der Waals surface area (Å²) in [6.07, 6.45) is -17.6. The van der Waals surface area contributed by atoms with E-state index in [0.29, 0.717) is 57.7 Å². The van der Waals surface area contributed by atoms with Gasteiger partial charge in [-0.2, -0.15) is 39.5 Å². The van der Waals surface area contributed by atoms with Gasteiger partial charge >= 0.3 is 24.6 Å². The van der Waals surface area contributed by atoms with E-state index < -0.39 is 36.3 Å². The first kappa shape index (κ1) is 29.6. The number of alkyl halides is 9. The summed E-state index contributed by atoms with van der Waals surface area (Å²) in [6, 6.07) is 3.79. The van der Waals surface area contributed by atoms with Crippen LogP contribution in [-0.2, 0) is 17.5 Å². The smallest absolute Gasteiger partial charge is 0.426 e. The number of hydrogen-bond acceptors (Lipinski definition) is 4. The predicted molar refractivity (Wildman–Crippen MR) is 123 cm³/mol. The van der Waals surface area contributed by atoms with Gasteiger partial charge in [0.1, 0.15) is 0 Å². The fourth-order valence-electron chi connectivity index (χ4n) is 5.77. The lowest BCUT2D eigenvalue weighted by atomic mass is 9.78. The number of likely N-dealkylation sites (tertiary alicyclic amines) is 2. The number of carbonyl (C=O) groups excluding carboxylic acids is 1. The average Bonchev–Trinajstić information content (AvgIpc) is 3.23. The second-order valence-electron chi connectivity index (χ2n) is 10.7. The molecule has 0 saturated carbocycles. The van der Waals surface area contributed by atoms with Crippen LogP contribution in [-0.4, -0.2) is 73.6 Å². The van der Waals surface area contributed by atoms with Gasteiger partial charge < -0.3 is 14.5 Å². The van der Waals surface area contributed by atoms with Crippen LogP contribution in [0, 0.1) is 5.41 Å². The Hall–Kier alpha value is -2.38. The first-order chi connectivity index (χ1) is 18.1. The van der Waals surface area contributed by atoms with Crippen molar-refractivity contribution >= 4 is 11.8 Å². The summed E-state index contributed by atoms with van der Waals surface area (Å²) in [5.74, 6) is 0. The predicted octanol–water partition coefficient (Wildman–Crippen LogP) is 6.61. The number of nitrogens with zero attached hydrogens (tertiary/aromatic N) is 3. The van der Waals surface area contributed by atoms with E-state index in [1.165, 1.54) is 12.1 Å². The van der Waals surface area contributed by atoms with E-state index >= 15 is 0 Å². The molecule has 0 aliphatic carbocycles. The number of hydrogen-bond donors (Lipinski definition) is 0. The van der Waals surface area contributed by atoms with Gasteiger partial charge in [-0.05, 0) is 68.2 Å². The van der Waals surface area contributed by atoms with Crippen molar-refractivity contribution in [3.05, 3.63) is 29.3 Å². The largest absolute Gasteiger partial charge is 0.434 e. The van der Waals surface area contributed by atoms with Gasteiger partial charge in [0.15, 0.2) is 0 Å². The Labute approximate surface area is 219 Å². The molecule has 220 valence electrons. The van der Waals surface area contributed by atoms with Gasteiger partial charge in [0.25, 0.3) is 6.10 Å². The summed E-state index contributed by atoms with van der Waals surface area (Å²) >= 11 is 0. The highest BCUT2D eigenvalue weighted by atomic mass is 19.4. The molecule has 3 saturated heterocycles. The van der Waals surface area contributed by atoms with Gasteiger partial charge in [-0.25, -0.2) is 4.79 Å². The van der Waals surface area contributed by atoms with E-state index in [9.17, 15) is 44.3 Å². The van der Waals surface area contributed by atoms with Crippen molar-refractivity contribution in [3.8, 4) is 0 Å². The van der Waals surface area contributed by atoms with Crippen molar-refractivity contribution in [1.82, 2.24) is 9.80 Å². The van der Waals surface area contributed by atoms with Crippen LogP contribution in [0.15, 0.2) is 18.2 Å². The van der Waals surface area contributed by atoms with Crippen molar-refractivity contribution < 1.29 is 49.0 Å². The van der Waals surface area contributed by atoms with Crippen molar-refractivity contribution in [2.45, 2.75) is 69.7 Å². The van der Waals surface area contributed by atoms with Crippen LogP contribution in [0.3, 0.4) is 0 Å². The van der Waals surface area contributed by atoms with E-state index in [2.05, 4.69) is 9.64 Å². The Morgan fingerprint density at radius 2 is 1.44 bits per heavy atom. The minimum Gasteiger partial charge on any atom is -0.426 e. The fraction of sp³-hybridized carbons (Fsp3) is 0.720. The zero-order chi connectivity index (χ0) is 28.6. The number of benzene rings is 1. The van der Waals surface area contributed by atoms with Gasteiger partial charge in [-0.3, -0.25) is 4.90 Å². The number of carbonyl (C=O) groups is 1. The number of ether oxygens (including phenoxy) is 1. The van der Waals surface area contributed by atoms with Crippen LogP contribution < -0.4 is 4.90 Å². The number of amides is 1. The monoisotopic (exact) mass is 575 g/mol. The van der Waals surface area contributed by atoms with E-state index in [4.69, 9.17) is 0 Å². The van der Waals surface area contributed by atoms with Crippen LogP contribution in [0.1, 0.15) is 49.7 Å². The quantitative estimate of drug-likeness (QED) is 0.379. The maximum absolute atomic E-state index is 13.4. The molecule has 1 aromatic carbocycles. The molecule has 1 aromatic rings. The summed E-state index contributed by atoms with van der Waals surface area (Å²) in [7, 11) is 0. The molecule has 1 amide bonds. The third-order valence-electron chi connectivity index (χ3n) is 7.92. The molecule has 1 spiro atoms. The van der Waals surface area contributed by atoms with Gasteiger partial charge in [-0.15, -0.1) is 0 Å². The molecule has 3 aliphatic rings. The Balaban J connectivity index is 1.38. The molecular weight excluding hydrogens is 545 g/mol. The Bertz CT molecular complexity index is 998. The van der Waals surface area contributed by atoms with Crippen molar-refractivity contribution in [3.63, 3.8) is 0 Å². The van der Waals surface area contributed by atoms with Crippen molar-refractivity contribution in [1.29, 1.82) is 0 Å². The van der Waals surface area contributed by atoms with Crippen LogP contribution >= 0.6 is 0 Å². The normalized spacial score (nSPS) is 21.2. The molecule has 14 heteroatoms. The van der Waals surface area contributed by atoms with Crippen LogP contribution in [0.25, 0.3) is 0 Å². The van der Waals surface area contributed by atoms with Crippen molar-refractivity contribution in [2.75, 3.05) is 44.2 Å². The minimum absolute atomic E-state index is 0.0472. The fourth-order valence-corrected chi connectivity index (χ4v) is 5.77. The first-order valence-electron chi connectivity index (χ1n) is 12.8. The van der Waals surface area contributed by atoms with E-state index in [1.807, 2.05) is 4.90 Å². The highest BCUT2D eigenvalue weighted by Gasteiger charge is 2.60. The van der Waals surface area contributed by atoms with Gasteiger partial charge in [0, 0.05) is 45.0 Å². The molecule has 3 fully saturated rings. The third-order valence-corrected chi connectivity index (χ3v) is 7.92. The zero-order valence-corrected chi connectivity index (χ0v) is 21.1. The molecule has 39 heavy (non-hydrogen) atoms. The molecule has 0 radical (unpaired) electrons. The molecule has 3 heterocycles. The van der Waals surface area contributed by atoms with E-state index in [0.717, 1.165) is 35.8 Å². The maximum Gasteiger partial charge on any atom is 0.434 e. The highest BCUT2D eigenvalue weighted by Crippen LogP contribution is 2.43. The zero-order valence-electron chi connectivity index (χ0n) is 21.1. The second kappa shape index (κ2) is 10.9. The Morgan fingerprint density at radius 3 is 2.00 bits per heavy atom. The minimum atomic E-state index is -5.78. The second-order valence-corrected chi connectivity index (χ2v) is 10.7. The molecular formula is C25H30F9N3O2. The van der Waals surface area contributed by atoms with Gasteiger partial charge in [0.2, 0.25) is 0 Å². The third kappa shape index (κ3) is 7.04. The summed E-state index contributed by atoms with van der Waals surface area (Å²) in [4.78, 5) is 17.1. The molecule has 0 bridgehead atoms. The lowest BCUT2D eigenvalue weighted by Crippen LogP contribution is -2.50. The lowest BCUT2D eigenvalue weighted by molar-refractivity contribution is -0.308. The SMILES string of the molecule is O=C(OC(C(F)(F)F)C(F)(F)F)N1CCC2(CCN(Cc3ccc(C(F)(F)F)cc3N3CCCCC3)C2)CC1. The molecule has 0 unspecified atom stereocenters. The number of piperidine rings is 2. The van der Waals surface area contributed by atoms with Gasteiger partial charge in [0.05, 0.1) is 5.56 Å². The van der Waals surface area contributed by atoms with Gasteiger partial charge in [-0.1, -0.05) is 6.07 Å². The highest BCUT2D eigenvalue weighted by molar-refractivity contribution is 5.68. The Morgan fingerprint density at radius 1 is 0.846 bits per heavy atom. The topological polar surface area (TPSA) is 36.0 Å². The van der Waals surface area contributed by atoms with E-state index in [-0.39, 0.29) is 18.5 Å². The average molecular weight is 576 g/mol. The summed E-state index contributed by atoms with van der Waals surface area (Å²) < 4.78 is 121. The molecule has 0 aromatic heterocycles. The molecule has 0 atom stereocenters. The first-order valence-corrected chi connectivity index (χ1v) is 12.8. The molecule has 5 nitrogen and oxygen atoms in total. The Kier molecular flexibility index (Phi) is 8.26. The number of halogens is 9. The molecule has 4 rings (SSSR count). The molecule has 0 N–H and O–H groups in total. The number of anilines is 1. The van der Waals surface area contributed by atoms with Crippen LogP contribution in [0.4, 0.5) is 50.0 Å². The standard InChI is InChI=1S/C25H30F9N3O2/c26-23(27,28)18-5-4-17(19(14-18)36-9-2-1-3-10-36)15-35-11-6-22(16-35)7-12-37(13-8-22)21(38)39-20(24(29,30)31)25(32,33)34/h4-5,14,20H,1-3,6-13,15-16H2. The maximum atomic E-state index is 13.4.